The van der Waals surface area contributed by atoms with E-state index in [2.05, 4.69) is 11.2 Å². The second-order valence-corrected chi connectivity index (χ2v) is 5.74. The smallest absolute Gasteiger partial charge is 0.270 e. The number of terminal acetylenes is 1. The summed E-state index contributed by atoms with van der Waals surface area (Å²) in [5.74, 6) is 2.08. The number of anilines is 2. The van der Waals surface area contributed by atoms with E-state index in [9.17, 15) is 14.9 Å². The Labute approximate surface area is 150 Å². The van der Waals surface area contributed by atoms with Crippen LogP contribution in [0.15, 0.2) is 42.5 Å². The van der Waals surface area contributed by atoms with Crippen molar-refractivity contribution >= 4 is 23.0 Å². The summed E-state index contributed by atoms with van der Waals surface area (Å²) in [6, 6.07) is 11.2. The van der Waals surface area contributed by atoms with Gasteiger partial charge in [0.15, 0.2) is 0 Å². The normalized spacial score (nSPS) is 13.7. The molecule has 0 aromatic heterocycles. The van der Waals surface area contributed by atoms with Gasteiger partial charge in [0.2, 0.25) is 0 Å². The Morgan fingerprint density at radius 2 is 2.00 bits per heavy atom. The minimum atomic E-state index is -0.515. The van der Waals surface area contributed by atoms with E-state index in [-0.39, 0.29) is 11.3 Å². The Balaban J connectivity index is 1.94. The number of hydrogen-bond acceptors (Lipinski definition) is 5. The van der Waals surface area contributed by atoms with Gasteiger partial charge in [0.25, 0.3) is 11.6 Å². The van der Waals surface area contributed by atoms with Crippen LogP contribution in [0.1, 0.15) is 15.9 Å². The van der Waals surface area contributed by atoms with Crippen LogP contribution in [-0.2, 0) is 4.74 Å². The first-order valence-corrected chi connectivity index (χ1v) is 8.07. The summed E-state index contributed by atoms with van der Waals surface area (Å²) >= 11 is 0. The third-order valence-electron chi connectivity index (χ3n) is 4.07. The maximum absolute atomic E-state index is 12.8. The van der Waals surface area contributed by atoms with Crippen LogP contribution < -0.4 is 10.2 Å². The lowest BCUT2D eigenvalue weighted by molar-refractivity contribution is -0.384. The predicted molar refractivity (Wildman–Crippen MR) is 98.5 cm³/mol. The molecule has 0 bridgehead atoms. The number of nitrogens with zero attached hydrogens (tertiary/aromatic N) is 2. The monoisotopic (exact) mass is 351 g/mol. The molecular formula is C19H17N3O4. The summed E-state index contributed by atoms with van der Waals surface area (Å²) in [5, 5.41) is 13.9. The number of morpholine rings is 1. The van der Waals surface area contributed by atoms with Crippen molar-refractivity contribution in [1.29, 1.82) is 0 Å². The maximum atomic E-state index is 12.8. The van der Waals surface area contributed by atoms with E-state index in [1.165, 1.54) is 12.1 Å². The molecule has 2 aromatic carbocycles. The SMILES string of the molecule is C#Cc1cccc(NC(=O)c2cc([N+](=O)[O-])ccc2N2CCOCC2)c1. The van der Waals surface area contributed by atoms with Crippen LogP contribution in [0, 0.1) is 22.5 Å². The lowest BCUT2D eigenvalue weighted by Crippen LogP contribution is -2.37. The molecule has 0 unspecified atom stereocenters. The maximum Gasteiger partial charge on any atom is 0.270 e. The Morgan fingerprint density at radius 3 is 2.69 bits per heavy atom. The second-order valence-electron chi connectivity index (χ2n) is 5.74. The number of hydrogen-bond donors (Lipinski definition) is 1. The number of carbonyl (C=O) groups excluding carboxylic acids is 1. The molecule has 1 heterocycles. The molecule has 132 valence electrons. The molecule has 1 aliphatic rings. The van der Waals surface area contributed by atoms with Crippen LogP contribution in [0.4, 0.5) is 17.1 Å². The fourth-order valence-corrected chi connectivity index (χ4v) is 2.78. The van der Waals surface area contributed by atoms with Gasteiger partial charge in [-0.05, 0) is 24.3 Å². The first-order chi connectivity index (χ1) is 12.6. The average molecular weight is 351 g/mol. The van der Waals surface area contributed by atoms with Crippen molar-refractivity contribution in [3.05, 3.63) is 63.7 Å². The lowest BCUT2D eigenvalue weighted by Gasteiger charge is -2.30. The molecule has 26 heavy (non-hydrogen) atoms. The van der Waals surface area contributed by atoms with Gasteiger partial charge in [0, 0.05) is 36.5 Å². The van der Waals surface area contributed by atoms with E-state index in [1.54, 1.807) is 30.3 Å². The highest BCUT2D eigenvalue weighted by Crippen LogP contribution is 2.27. The van der Waals surface area contributed by atoms with E-state index in [0.29, 0.717) is 43.2 Å². The van der Waals surface area contributed by atoms with Gasteiger partial charge in [-0.25, -0.2) is 0 Å². The third-order valence-corrected chi connectivity index (χ3v) is 4.07. The highest BCUT2D eigenvalue weighted by Gasteiger charge is 2.22. The van der Waals surface area contributed by atoms with Gasteiger partial charge in [-0.1, -0.05) is 12.0 Å². The Hall–Kier alpha value is -3.37. The van der Waals surface area contributed by atoms with E-state index in [0.717, 1.165) is 0 Å². The average Bonchev–Trinajstić information content (AvgIpc) is 2.68. The zero-order chi connectivity index (χ0) is 18.5. The standard InChI is InChI=1S/C19H17N3O4/c1-2-14-4-3-5-15(12-14)20-19(23)17-13-16(22(24)25)6-7-18(17)21-8-10-26-11-9-21/h1,3-7,12-13H,8-11H2,(H,20,23). The van der Waals surface area contributed by atoms with Gasteiger partial charge in [-0.3, -0.25) is 14.9 Å². The highest BCUT2D eigenvalue weighted by atomic mass is 16.6. The molecule has 0 radical (unpaired) electrons. The number of amides is 1. The number of nitrogens with one attached hydrogen (secondary N) is 1. The number of non-ortho nitro benzene ring substituents is 1. The van der Waals surface area contributed by atoms with Gasteiger partial charge in [0.1, 0.15) is 0 Å². The minimum absolute atomic E-state index is 0.135. The fourth-order valence-electron chi connectivity index (χ4n) is 2.78. The van der Waals surface area contributed by atoms with E-state index in [1.807, 2.05) is 4.90 Å². The second kappa shape index (κ2) is 7.68. The Kier molecular flexibility index (Phi) is 5.15. The number of nitro benzene ring substituents is 1. The van der Waals surface area contributed by atoms with Crippen LogP contribution in [0.5, 0.6) is 0 Å². The van der Waals surface area contributed by atoms with E-state index < -0.39 is 10.8 Å². The van der Waals surface area contributed by atoms with Crippen LogP contribution in [0.3, 0.4) is 0 Å². The zero-order valence-electron chi connectivity index (χ0n) is 14.0. The summed E-state index contributed by atoms with van der Waals surface area (Å²) in [4.78, 5) is 25.4. The first-order valence-electron chi connectivity index (χ1n) is 8.07. The minimum Gasteiger partial charge on any atom is -0.378 e. The topological polar surface area (TPSA) is 84.7 Å². The molecule has 1 fully saturated rings. The number of nitro groups is 1. The predicted octanol–water partition coefficient (Wildman–Crippen LogP) is 2.67. The molecular weight excluding hydrogens is 334 g/mol. The molecule has 1 N–H and O–H groups in total. The third kappa shape index (κ3) is 3.82. The quantitative estimate of drug-likeness (QED) is 0.520. The fraction of sp³-hybridized carbons (Fsp3) is 0.211. The molecule has 0 atom stereocenters. The number of ether oxygens (including phenoxy) is 1. The van der Waals surface area contributed by atoms with E-state index >= 15 is 0 Å². The van der Waals surface area contributed by atoms with Gasteiger partial charge in [-0.15, -0.1) is 6.42 Å². The largest absolute Gasteiger partial charge is 0.378 e. The van der Waals surface area contributed by atoms with E-state index in [4.69, 9.17) is 11.2 Å². The van der Waals surface area contributed by atoms with Gasteiger partial charge in [-0.2, -0.15) is 0 Å². The Bertz CT molecular complexity index is 883. The van der Waals surface area contributed by atoms with Crippen molar-refractivity contribution in [2.75, 3.05) is 36.5 Å². The van der Waals surface area contributed by atoms with Crippen molar-refractivity contribution in [1.82, 2.24) is 0 Å². The summed E-state index contributed by atoms with van der Waals surface area (Å²) in [5.41, 5.74) is 1.92. The summed E-state index contributed by atoms with van der Waals surface area (Å²) < 4.78 is 5.34. The number of rotatable bonds is 4. The zero-order valence-corrected chi connectivity index (χ0v) is 14.0. The number of carbonyl (C=O) groups is 1. The lowest BCUT2D eigenvalue weighted by atomic mass is 10.1. The van der Waals surface area contributed by atoms with Crippen molar-refractivity contribution in [2.45, 2.75) is 0 Å². The molecule has 0 aliphatic carbocycles. The van der Waals surface area contributed by atoms with Gasteiger partial charge >= 0.3 is 0 Å². The molecule has 7 heteroatoms. The van der Waals surface area contributed by atoms with Gasteiger partial charge in [0.05, 0.1) is 29.4 Å². The van der Waals surface area contributed by atoms with Crippen molar-refractivity contribution in [3.63, 3.8) is 0 Å². The number of benzene rings is 2. The van der Waals surface area contributed by atoms with Crippen LogP contribution in [-0.4, -0.2) is 37.1 Å². The Morgan fingerprint density at radius 1 is 1.23 bits per heavy atom. The summed E-state index contributed by atoms with van der Waals surface area (Å²) in [6.07, 6.45) is 5.38. The molecule has 2 aromatic rings. The first kappa shape index (κ1) is 17.5. The molecule has 3 rings (SSSR count). The van der Waals surface area contributed by atoms with Crippen molar-refractivity contribution in [2.24, 2.45) is 0 Å². The molecule has 1 amide bonds. The highest BCUT2D eigenvalue weighted by molar-refractivity contribution is 6.08. The van der Waals surface area contributed by atoms with Crippen molar-refractivity contribution in [3.8, 4) is 12.3 Å². The molecule has 0 spiro atoms. The van der Waals surface area contributed by atoms with Gasteiger partial charge < -0.3 is 15.0 Å². The molecule has 1 aliphatic heterocycles. The molecule has 1 saturated heterocycles. The van der Waals surface area contributed by atoms with Crippen molar-refractivity contribution < 1.29 is 14.5 Å². The molecule has 0 saturated carbocycles. The van der Waals surface area contributed by atoms with Crippen LogP contribution in [0.2, 0.25) is 0 Å². The summed E-state index contributed by atoms with van der Waals surface area (Å²) in [6.45, 7) is 2.32. The van der Waals surface area contributed by atoms with Crippen LogP contribution >= 0.6 is 0 Å². The summed E-state index contributed by atoms with van der Waals surface area (Å²) in [7, 11) is 0. The van der Waals surface area contributed by atoms with Crippen LogP contribution in [0.25, 0.3) is 0 Å². The molecule has 7 nitrogen and oxygen atoms in total.